The second-order valence-corrected chi connectivity index (χ2v) is 8.40. The zero-order chi connectivity index (χ0) is 20.6. The predicted molar refractivity (Wildman–Crippen MR) is 116 cm³/mol. The Balaban J connectivity index is 1.58. The molecule has 0 atom stereocenters. The van der Waals surface area contributed by atoms with Crippen LogP contribution in [0.1, 0.15) is 76.6 Å². The van der Waals surface area contributed by atoms with E-state index in [-0.39, 0.29) is 11.9 Å². The van der Waals surface area contributed by atoms with Gasteiger partial charge in [0.25, 0.3) is 5.91 Å². The molecular weight excluding hydrogens is 386 g/mol. The van der Waals surface area contributed by atoms with Crippen LogP contribution in [0.3, 0.4) is 0 Å². The predicted octanol–water partition coefficient (Wildman–Crippen LogP) is 5.62. The van der Waals surface area contributed by atoms with Gasteiger partial charge in [-0.25, -0.2) is 4.79 Å². The maximum Gasteiger partial charge on any atom is 0.341 e. The molecule has 2 aromatic rings. The molecule has 3 rings (SSSR count). The number of anilines is 1. The molecule has 1 aliphatic carbocycles. The number of carbonyl (C=O) groups excluding carboxylic acids is 2. The Bertz CT molecular complexity index is 841. The average Bonchev–Trinajstić information content (AvgIpc) is 3.31. The molecule has 29 heavy (non-hydrogen) atoms. The number of benzene rings is 1. The molecule has 1 N–H and O–H groups in total. The number of ether oxygens (including phenoxy) is 2. The number of rotatable bonds is 10. The van der Waals surface area contributed by atoms with Crippen molar-refractivity contribution in [3.05, 3.63) is 45.8 Å². The van der Waals surface area contributed by atoms with Crippen molar-refractivity contribution < 1.29 is 19.1 Å². The monoisotopic (exact) mass is 415 g/mol. The first-order valence-corrected chi connectivity index (χ1v) is 11.2. The van der Waals surface area contributed by atoms with Crippen LogP contribution < -0.4 is 10.1 Å². The number of aryl methyl sites for hydroxylation is 1. The van der Waals surface area contributed by atoms with Crippen LogP contribution in [0.2, 0.25) is 0 Å². The average molecular weight is 416 g/mol. The van der Waals surface area contributed by atoms with E-state index in [1.165, 1.54) is 49.0 Å². The Morgan fingerprint density at radius 2 is 1.83 bits per heavy atom. The van der Waals surface area contributed by atoms with Crippen LogP contribution in [-0.2, 0) is 17.6 Å². The molecule has 1 aromatic carbocycles. The highest BCUT2D eigenvalue weighted by atomic mass is 32.1. The Morgan fingerprint density at radius 3 is 2.55 bits per heavy atom. The van der Waals surface area contributed by atoms with Gasteiger partial charge in [-0.2, -0.15) is 0 Å². The standard InChI is InChI=1S/C23H29NO4S/c1-3-4-5-6-7-15-28-17-13-11-16(12-14-17)21(25)24-22-20(23(26)27-2)18-9-8-10-19(18)29-22/h11-14H,3-10,15H2,1-2H3,(H,24,25). The molecule has 0 saturated heterocycles. The molecule has 0 aliphatic heterocycles. The van der Waals surface area contributed by atoms with E-state index in [1.807, 2.05) is 12.1 Å². The lowest BCUT2D eigenvalue weighted by atomic mass is 10.1. The fourth-order valence-corrected chi connectivity index (χ4v) is 4.86. The van der Waals surface area contributed by atoms with Crippen molar-refractivity contribution in [1.29, 1.82) is 0 Å². The largest absolute Gasteiger partial charge is 0.494 e. The van der Waals surface area contributed by atoms with Crippen molar-refractivity contribution in [3.8, 4) is 5.75 Å². The summed E-state index contributed by atoms with van der Waals surface area (Å²) in [4.78, 5) is 26.1. The highest BCUT2D eigenvalue weighted by molar-refractivity contribution is 7.17. The lowest BCUT2D eigenvalue weighted by Crippen LogP contribution is -2.14. The number of amides is 1. The van der Waals surface area contributed by atoms with Gasteiger partial charge in [0.1, 0.15) is 10.8 Å². The van der Waals surface area contributed by atoms with Crippen molar-refractivity contribution >= 4 is 28.2 Å². The normalized spacial score (nSPS) is 12.5. The fourth-order valence-electron chi connectivity index (χ4n) is 3.58. The molecule has 0 saturated carbocycles. The lowest BCUT2D eigenvalue weighted by Gasteiger charge is -2.09. The van der Waals surface area contributed by atoms with Crippen molar-refractivity contribution in [3.63, 3.8) is 0 Å². The van der Waals surface area contributed by atoms with E-state index in [9.17, 15) is 9.59 Å². The van der Waals surface area contributed by atoms with Gasteiger partial charge < -0.3 is 14.8 Å². The second kappa shape index (κ2) is 10.4. The van der Waals surface area contributed by atoms with E-state index in [1.54, 1.807) is 12.1 Å². The summed E-state index contributed by atoms with van der Waals surface area (Å²) in [5.41, 5.74) is 2.07. The number of esters is 1. The van der Waals surface area contributed by atoms with Crippen molar-refractivity contribution in [2.24, 2.45) is 0 Å². The van der Waals surface area contributed by atoms with E-state index >= 15 is 0 Å². The summed E-state index contributed by atoms with van der Waals surface area (Å²) in [5.74, 6) is 0.144. The summed E-state index contributed by atoms with van der Waals surface area (Å²) < 4.78 is 10.7. The molecule has 0 unspecified atom stereocenters. The van der Waals surface area contributed by atoms with Gasteiger partial charge in [0.15, 0.2) is 0 Å². The second-order valence-electron chi connectivity index (χ2n) is 7.29. The third-order valence-corrected chi connectivity index (χ3v) is 6.38. The number of hydrogen-bond acceptors (Lipinski definition) is 5. The first-order valence-electron chi connectivity index (χ1n) is 10.4. The summed E-state index contributed by atoms with van der Waals surface area (Å²) >= 11 is 1.48. The Kier molecular flexibility index (Phi) is 7.69. The molecule has 1 aromatic heterocycles. The third kappa shape index (κ3) is 5.38. The van der Waals surface area contributed by atoms with Crippen LogP contribution >= 0.6 is 11.3 Å². The Labute approximate surface area is 176 Å². The van der Waals surface area contributed by atoms with Gasteiger partial charge in [-0.15, -0.1) is 11.3 Å². The van der Waals surface area contributed by atoms with Gasteiger partial charge in [-0.3, -0.25) is 4.79 Å². The topological polar surface area (TPSA) is 64.6 Å². The van der Waals surface area contributed by atoms with E-state index < -0.39 is 0 Å². The smallest absolute Gasteiger partial charge is 0.341 e. The summed E-state index contributed by atoms with van der Waals surface area (Å²) in [6.45, 7) is 2.90. The van der Waals surface area contributed by atoms with Crippen LogP contribution in [0, 0.1) is 0 Å². The number of methoxy groups -OCH3 is 1. The van der Waals surface area contributed by atoms with Gasteiger partial charge in [0.2, 0.25) is 0 Å². The third-order valence-electron chi connectivity index (χ3n) is 5.17. The molecule has 5 nitrogen and oxygen atoms in total. The molecule has 156 valence electrons. The van der Waals surface area contributed by atoms with E-state index in [0.29, 0.717) is 22.7 Å². The van der Waals surface area contributed by atoms with Crippen LogP contribution in [0.4, 0.5) is 5.00 Å². The van der Waals surface area contributed by atoms with Crippen LogP contribution in [0.15, 0.2) is 24.3 Å². The summed E-state index contributed by atoms with van der Waals surface area (Å²) in [6, 6.07) is 7.13. The molecule has 1 amide bonds. The molecule has 6 heteroatoms. The number of carbonyl (C=O) groups is 2. The summed E-state index contributed by atoms with van der Waals surface area (Å²) in [5, 5.41) is 3.48. The van der Waals surface area contributed by atoms with Crippen molar-refractivity contribution in [2.45, 2.75) is 58.3 Å². The maximum atomic E-state index is 12.7. The van der Waals surface area contributed by atoms with Gasteiger partial charge in [0.05, 0.1) is 19.3 Å². The van der Waals surface area contributed by atoms with Crippen LogP contribution in [-0.4, -0.2) is 25.6 Å². The minimum Gasteiger partial charge on any atom is -0.494 e. The van der Waals surface area contributed by atoms with Gasteiger partial charge in [-0.05, 0) is 55.5 Å². The van der Waals surface area contributed by atoms with Gasteiger partial charge in [-0.1, -0.05) is 32.6 Å². The lowest BCUT2D eigenvalue weighted by molar-refractivity contribution is 0.0601. The number of hydrogen-bond donors (Lipinski definition) is 1. The molecule has 0 spiro atoms. The molecule has 1 heterocycles. The Morgan fingerprint density at radius 1 is 1.07 bits per heavy atom. The van der Waals surface area contributed by atoms with Gasteiger partial charge >= 0.3 is 5.97 Å². The summed E-state index contributed by atoms with van der Waals surface area (Å²) in [6.07, 6.45) is 8.83. The maximum absolute atomic E-state index is 12.7. The Hall–Kier alpha value is -2.34. The van der Waals surface area contributed by atoms with Crippen LogP contribution in [0.25, 0.3) is 0 Å². The van der Waals surface area contributed by atoms with E-state index in [2.05, 4.69) is 12.2 Å². The minimum absolute atomic E-state index is 0.235. The van der Waals surface area contributed by atoms with Crippen LogP contribution in [0.5, 0.6) is 5.75 Å². The number of fused-ring (bicyclic) bond motifs is 1. The zero-order valence-electron chi connectivity index (χ0n) is 17.2. The first-order chi connectivity index (χ1) is 14.1. The first kappa shape index (κ1) is 21.4. The number of nitrogens with one attached hydrogen (secondary N) is 1. The highest BCUT2D eigenvalue weighted by Crippen LogP contribution is 2.39. The SMILES string of the molecule is CCCCCCCOc1ccc(C(=O)Nc2sc3c(c2C(=O)OC)CCC3)cc1. The van der Waals surface area contributed by atoms with Crippen molar-refractivity contribution in [2.75, 3.05) is 19.0 Å². The number of unbranched alkanes of at least 4 members (excludes halogenated alkanes) is 4. The highest BCUT2D eigenvalue weighted by Gasteiger charge is 2.28. The van der Waals surface area contributed by atoms with E-state index in [4.69, 9.17) is 9.47 Å². The molecule has 1 aliphatic rings. The molecule has 0 radical (unpaired) electrons. The molecular formula is C23H29NO4S. The fraction of sp³-hybridized carbons (Fsp3) is 0.478. The van der Waals surface area contributed by atoms with Crippen molar-refractivity contribution in [1.82, 2.24) is 0 Å². The molecule has 0 fully saturated rings. The molecule has 0 bridgehead atoms. The van der Waals surface area contributed by atoms with Gasteiger partial charge in [0, 0.05) is 10.4 Å². The quantitative estimate of drug-likeness (QED) is 0.404. The van der Waals surface area contributed by atoms with E-state index in [0.717, 1.165) is 37.0 Å². The minimum atomic E-state index is -0.387. The number of thiophene rings is 1. The zero-order valence-corrected chi connectivity index (χ0v) is 18.0. The summed E-state index contributed by atoms with van der Waals surface area (Å²) in [7, 11) is 1.37.